The molecule has 0 aliphatic heterocycles. The normalized spacial score (nSPS) is 18.7. The van der Waals surface area contributed by atoms with E-state index in [2.05, 4.69) is 67.6 Å². The van der Waals surface area contributed by atoms with E-state index in [1.807, 2.05) is 25.1 Å². The van der Waals surface area contributed by atoms with Crippen LogP contribution in [0.5, 0.6) is 5.75 Å². The molecule has 0 heterocycles. The maximum atomic E-state index is 12.6. The lowest BCUT2D eigenvalue weighted by Crippen LogP contribution is -2.18. The molecule has 1 saturated carbocycles. The maximum absolute atomic E-state index is 12.6. The number of esters is 1. The van der Waals surface area contributed by atoms with Gasteiger partial charge in [-0.1, -0.05) is 93.4 Å². The van der Waals surface area contributed by atoms with Crippen molar-refractivity contribution in [2.24, 2.45) is 11.8 Å². The minimum Gasteiger partial charge on any atom is -0.426 e. The monoisotopic (exact) mass is 468 g/mol. The van der Waals surface area contributed by atoms with Gasteiger partial charge in [0.1, 0.15) is 5.75 Å². The lowest BCUT2D eigenvalue weighted by molar-refractivity contribution is -0.138. The van der Waals surface area contributed by atoms with Gasteiger partial charge in [-0.05, 0) is 91.2 Å². The fourth-order valence-electron chi connectivity index (χ4n) is 5.44. The van der Waals surface area contributed by atoms with Crippen molar-refractivity contribution in [2.45, 2.75) is 77.6 Å². The minimum atomic E-state index is -0.128. The quantitative estimate of drug-likeness (QED) is 0.219. The molecule has 1 fully saturated rings. The van der Waals surface area contributed by atoms with Crippen molar-refractivity contribution in [1.82, 2.24) is 0 Å². The molecular formula is C33H40O2. The van der Waals surface area contributed by atoms with Crippen LogP contribution in [-0.2, 0) is 11.2 Å². The van der Waals surface area contributed by atoms with Crippen LogP contribution in [0.3, 0.4) is 0 Å². The summed E-state index contributed by atoms with van der Waals surface area (Å²) in [5.74, 6) is 2.02. The highest BCUT2D eigenvalue weighted by molar-refractivity contribution is 5.74. The summed E-state index contributed by atoms with van der Waals surface area (Å²) in [5, 5.41) is 0. The molecule has 2 heteroatoms. The Kier molecular flexibility index (Phi) is 9.17. The lowest BCUT2D eigenvalue weighted by Gasteiger charge is -2.28. The van der Waals surface area contributed by atoms with Gasteiger partial charge >= 0.3 is 5.97 Å². The fraction of sp³-hybridized carbons (Fsp3) is 0.424. The topological polar surface area (TPSA) is 26.3 Å². The Morgan fingerprint density at radius 3 is 2.17 bits per heavy atom. The summed E-state index contributed by atoms with van der Waals surface area (Å²) in [6.07, 6.45) is 10.7. The Hall–Kier alpha value is -2.87. The number of aryl methyl sites for hydroxylation is 1. The third-order valence-corrected chi connectivity index (χ3v) is 7.68. The molecule has 0 aromatic heterocycles. The van der Waals surface area contributed by atoms with Crippen LogP contribution in [-0.4, -0.2) is 5.97 Å². The van der Waals surface area contributed by atoms with Crippen molar-refractivity contribution in [3.05, 3.63) is 90.0 Å². The van der Waals surface area contributed by atoms with E-state index >= 15 is 0 Å². The van der Waals surface area contributed by atoms with E-state index in [4.69, 9.17) is 4.74 Å². The molecular weight excluding hydrogens is 428 g/mol. The molecule has 184 valence electrons. The van der Waals surface area contributed by atoms with Gasteiger partial charge in [0.25, 0.3) is 0 Å². The Morgan fingerprint density at radius 1 is 0.857 bits per heavy atom. The van der Waals surface area contributed by atoms with Crippen LogP contribution in [0, 0.1) is 11.8 Å². The summed E-state index contributed by atoms with van der Waals surface area (Å²) in [6, 6.07) is 27.5. The zero-order valence-corrected chi connectivity index (χ0v) is 21.4. The predicted octanol–water partition coefficient (Wildman–Crippen LogP) is 8.99. The van der Waals surface area contributed by atoms with Crippen LogP contribution in [0.25, 0.3) is 11.1 Å². The average Bonchev–Trinajstić information content (AvgIpc) is 2.90. The zero-order chi connectivity index (χ0) is 24.5. The highest BCUT2D eigenvalue weighted by atomic mass is 16.5. The van der Waals surface area contributed by atoms with Crippen LogP contribution in [0.2, 0.25) is 0 Å². The first-order valence-electron chi connectivity index (χ1n) is 13.6. The molecule has 1 atom stereocenters. The van der Waals surface area contributed by atoms with Gasteiger partial charge in [0, 0.05) is 0 Å². The molecule has 35 heavy (non-hydrogen) atoms. The van der Waals surface area contributed by atoms with Crippen molar-refractivity contribution >= 4 is 5.97 Å². The SMILES string of the molecule is CCC[C@H]1CC[C@H](c2ccc(OC(=O)C(C)CCCc3ccc(-c4ccccc4)cc3)cc2)CC1. The van der Waals surface area contributed by atoms with Crippen LogP contribution in [0.1, 0.15) is 82.3 Å². The first-order valence-corrected chi connectivity index (χ1v) is 13.6. The summed E-state index contributed by atoms with van der Waals surface area (Å²) in [4.78, 5) is 12.6. The Labute approximate surface area is 211 Å². The number of ether oxygens (including phenoxy) is 1. The van der Waals surface area contributed by atoms with Crippen LogP contribution in [0.4, 0.5) is 0 Å². The third-order valence-electron chi connectivity index (χ3n) is 7.68. The fourth-order valence-corrected chi connectivity index (χ4v) is 5.44. The molecule has 1 unspecified atom stereocenters. The zero-order valence-electron chi connectivity index (χ0n) is 21.4. The molecule has 3 aromatic carbocycles. The molecule has 4 rings (SSSR count). The third kappa shape index (κ3) is 7.31. The van der Waals surface area contributed by atoms with E-state index in [0.717, 1.165) is 25.2 Å². The summed E-state index contributed by atoms with van der Waals surface area (Å²) >= 11 is 0. The van der Waals surface area contributed by atoms with E-state index in [1.165, 1.54) is 60.8 Å². The van der Waals surface area contributed by atoms with Gasteiger partial charge in [-0.15, -0.1) is 0 Å². The largest absolute Gasteiger partial charge is 0.426 e. The van der Waals surface area contributed by atoms with Gasteiger partial charge in [0.2, 0.25) is 0 Å². The Bertz CT molecular complexity index is 1030. The van der Waals surface area contributed by atoms with Crippen molar-refractivity contribution in [2.75, 3.05) is 0 Å². The van der Waals surface area contributed by atoms with Crippen molar-refractivity contribution in [3.63, 3.8) is 0 Å². The molecule has 0 radical (unpaired) electrons. The molecule has 0 spiro atoms. The van der Waals surface area contributed by atoms with Crippen LogP contribution in [0.15, 0.2) is 78.9 Å². The first-order chi connectivity index (χ1) is 17.1. The number of carbonyl (C=O) groups is 1. The second-order valence-corrected chi connectivity index (χ2v) is 10.4. The number of hydrogen-bond donors (Lipinski definition) is 0. The molecule has 0 amide bonds. The van der Waals surface area contributed by atoms with E-state index in [1.54, 1.807) is 0 Å². The minimum absolute atomic E-state index is 0.105. The van der Waals surface area contributed by atoms with Crippen LogP contribution >= 0.6 is 0 Å². The molecule has 1 aliphatic carbocycles. The van der Waals surface area contributed by atoms with Gasteiger partial charge in [0.05, 0.1) is 5.92 Å². The van der Waals surface area contributed by atoms with Gasteiger partial charge in [-0.3, -0.25) is 4.79 Å². The summed E-state index contributed by atoms with van der Waals surface area (Å²) in [7, 11) is 0. The van der Waals surface area contributed by atoms with Gasteiger partial charge < -0.3 is 4.74 Å². The van der Waals surface area contributed by atoms with E-state index in [9.17, 15) is 4.79 Å². The summed E-state index contributed by atoms with van der Waals surface area (Å²) in [5.41, 5.74) is 5.18. The number of benzene rings is 3. The highest BCUT2D eigenvalue weighted by Crippen LogP contribution is 2.37. The molecule has 0 N–H and O–H groups in total. The van der Waals surface area contributed by atoms with Crippen molar-refractivity contribution in [1.29, 1.82) is 0 Å². The van der Waals surface area contributed by atoms with Crippen molar-refractivity contribution < 1.29 is 9.53 Å². The Balaban J connectivity index is 1.19. The number of carbonyl (C=O) groups excluding carboxylic acids is 1. The molecule has 2 nitrogen and oxygen atoms in total. The number of rotatable bonds is 10. The van der Waals surface area contributed by atoms with E-state index in [0.29, 0.717) is 11.7 Å². The first kappa shape index (κ1) is 25.2. The van der Waals surface area contributed by atoms with E-state index in [-0.39, 0.29) is 11.9 Å². The summed E-state index contributed by atoms with van der Waals surface area (Å²) in [6.45, 7) is 4.27. The van der Waals surface area contributed by atoms with Crippen molar-refractivity contribution in [3.8, 4) is 16.9 Å². The van der Waals surface area contributed by atoms with Gasteiger partial charge in [-0.2, -0.15) is 0 Å². The smallest absolute Gasteiger partial charge is 0.314 e. The van der Waals surface area contributed by atoms with E-state index < -0.39 is 0 Å². The standard InChI is InChI=1S/C33H40O2/c1-3-8-26-13-17-30(18-14-26)31-21-23-32(24-22-31)35-33(34)25(2)9-7-10-27-15-19-29(20-16-27)28-11-5-4-6-12-28/h4-6,11-12,15-16,19-26,30H,3,7-10,13-14,17-18H2,1-2H3/t25?,26-,30-. The second kappa shape index (κ2) is 12.7. The molecule has 1 aliphatic rings. The predicted molar refractivity (Wildman–Crippen MR) is 146 cm³/mol. The highest BCUT2D eigenvalue weighted by Gasteiger charge is 2.22. The van der Waals surface area contributed by atoms with Crippen LogP contribution < -0.4 is 4.74 Å². The second-order valence-electron chi connectivity index (χ2n) is 10.4. The average molecular weight is 469 g/mol. The van der Waals surface area contributed by atoms with Gasteiger partial charge in [-0.25, -0.2) is 0 Å². The summed E-state index contributed by atoms with van der Waals surface area (Å²) < 4.78 is 5.70. The molecule has 0 saturated heterocycles. The van der Waals surface area contributed by atoms with Gasteiger partial charge in [0.15, 0.2) is 0 Å². The maximum Gasteiger partial charge on any atom is 0.314 e. The molecule has 0 bridgehead atoms. The Morgan fingerprint density at radius 2 is 1.51 bits per heavy atom. The lowest BCUT2D eigenvalue weighted by atomic mass is 9.77. The number of hydrogen-bond acceptors (Lipinski definition) is 2. The molecule has 3 aromatic rings.